The average Bonchev–Trinajstić information content (AvgIpc) is 3.34. The van der Waals surface area contributed by atoms with Crippen LogP contribution in [0.2, 0.25) is 0 Å². The van der Waals surface area contributed by atoms with Crippen molar-refractivity contribution in [2.75, 3.05) is 11.9 Å². The Morgan fingerprint density at radius 3 is 2.52 bits per heavy atom. The number of allylic oxidation sites excluding steroid dienone is 1. The summed E-state index contributed by atoms with van der Waals surface area (Å²) in [7, 11) is 0. The van der Waals surface area contributed by atoms with Gasteiger partial charge < -0.3 is 9.73 Å². The maximum absolute atomic E-state index is 13.0. The molecule has 3 aromatic heterocycles. The third kappa shape index (κ3) is 5.68. The maximum Gasteiger partial charge on any atom is 0.231 e. The van der Waals surface area contributed by atoms with Crippen LogP contribution in [0.25, 0.3) is 28.7 Å². The van der Waals surface area contributed by atoms with E-state index in [1.165, 1.54) is 17.3 Å². The van der Waals surface area contributed by atoms with Crippen LogP contribution in [0.15, 0.2) is 65.2 Å². The van der Waals surface area contributed by atoms with Crippen molar-refractivity contribution in [3.63, 3.8) is 0 Å². The van der Waals surface area contributed by atoms with Crippen LogP contribution in [0, 0.1) is 12.9 Å². The number of nitrogens with one attached hydrogen (secondary N) is 1. The van der Waals surface area contributed by atoms with Crippen LogP contribution >= 0.6 is 0 Å². The van der Waals surface area contributed by atoms with E-state index in [1.807, 2.05) is 25.1 Å². The van der Waals surface area contributed by atoms with Crippen molar-refractivity contribution in [2.24, 2.45) is 0 Å². The second kappa shape index (κ2) is 10.2. The average molecular weight is 444 g/mol. The third-order valence-electron chi connectivity index (χ3n) is 5.15. The third-order valence-corrected chi connectivity index (χ3v) is 5.15. The normalized spacial score (nSPS) is 10.8. The van der Waals surface area contributed by atoms with Crippen molar-refractivity contribution in [2.45, 2.75) is 33.6 Å². The van der Waals surface area contributed by atoms with Crippen LogP contribution in [-0.2, 0) is 6.42 Å². The van der Waals surface area contributed by atoms with Crippen LogP contribution in [-0.4, -0.2) is 26.5 Å². The van der Waals surface area contributed by atoms with Crippen molar-refractivity contribution in [1.82, 2.24) is 19.9 Å². The lowest BCUT2D eigenvalue weighted by molar-refractivity contribution is 0.568. The molecule has 0 saturated carbocycles. The van der Waals surface area contributed by atoms with Gasteiger partial charge in [0.2, 0.25) is 5.95 Å². The molecular weight excluding hydrogens is 417 g/mol. The zero-order valence-corrected chi connectivity index (χ0v) is 19.0. The number of aryl methyl sites for hydroxylation is 2. The van der Waals surface area contributed by atoms with Crippen molar-refractivity contribution in [3.8, 4) is 22.6 Å². The van der Waals surface area contributed by atoms with Crippen molar-refractivity contribution < 1.29 is 8.81 Å². The minimum absolute atomic E-state index is 0.577. The Kier molecular flexibility index (Phi) is 6.88. The molecular formula is C26H26FN5O. The fraction of sp³-hybridized carbons (Fsp3) is 0.231. The second-order valence-electron chi connectivity index (χ2n) is 8.08. The first-order valence-electron chi connectivity index (χ1n) is 10.9. The van der Waals surface area contributed by atoms with E-state index in [0.29, 0.717) is 11.5 Å². The quantitative estimate of drug-likeness (QED) is 0.331. The molecule has 168 valence electrons. The van der Waals surface area contributed by atoms with Crippen molar-refractivity contribution in [1.29, 1.82) is 0 Å². The number of anilines is 1. The molecule has 3 heterocycles. The fourth-order valence-corrected chi connectivity index (χ4v) is 3.50. The molecule has 0 aliphatic rings. The van der Waals surface area contributed by atoms with Gasteiger partial charge in [-0.15, -0.1) is 0 Å². The van der Waals surface area contributed by atoms with E-state index in [4.69, 9.17) is 9.40 Å². The van der Waals surface area contributed by atoms with Gasteiger partial charge in [-0.25, -0.2) is 19.9 Å². The largest absolute Gasteiger partial charge is 0.472 e. The maximum atomic E-state index is 13.0. The minimum Gasteiger partial charge on any atom is -0.472 e. The first-order valence-corrected chi connectivity index (χ1v) is 10.9. The van der Waals surface area contributed by atoms with E-state index < -0.39 is 5.95 Å². The molecule has 0 aliphatic heterocycles. The molecule has 0 unspecified atom stereocenters. The highest BCUT2D eigenvalue weighted by Crippen LogP contribution is 2.25. The van der Waals surface area contributed by atoms with Crippen molar-refractivity contribution in [3.05, 3.63) is 83.6 Å². The molecule has 0 saturated heterocycles. The standard InChI is InChI=1S/C26H26FN5O/c1-17(2)13-22-18(3)31-25(21-10-12-33-16-21)32-26(22)28-11-4-5-19-6-8-20(9-7-19)23-14-30-24(27)15-29-23/h6-10,12-16H,4-5,11H2,1-3H3,(H,28,31,32). The number of hydrogen-bond acceptors (Lipinski definition) is 6. The topological polar surface area (TPSA) is 76.7 Å². The number of nitrogens with zero attached hydrogens (tertiary/aromatic N) is 4. The molecule has 7 heteroatoms. The van der Waals surface area contributed by atoms with Crippen molar-refractivity contribution >= 4 is 11.9 Å². The molecule has 0 radical (unpaired) electrons. The molecule has 33 heavy (non-hydrogen) atoms. The number of rotatable bonds is 8. The Labute approximate surface area is 192 Å². The minimum atomic E-state index is -0.577. The first-order chi connectivity index (χ1) is 16.0. The highest BCUT2D eigenvalue weighted by atomic mass is 19.1. The molecule has 4 rings (SSSR count). The van der Waals surface area contributed by atoms with Crippen LogP contribution < -0.4 is 5.32 Å². The molecule has 0 aliphatic carbocycles. The summed E-state index contributed by atoms with van der Waals surface area (Å²) in [6, 6.07) is 9.98. The van der Waals surface area contributed by atoms with Gasteiger partial charge in [0, 0.05) is 17.7 Å². The van der Waals surface area contributed by atoms with Crippen LogP contribution in [0.3, 0.4) is 0 Å². The van der Waals surface area contributed by atoms with E-state index in [2.05, 4.69) is 52.3 Å². The number of halogens is 1. The predicted octanol–water partition coefficient (Wildman–Crippen LogP) is 6.11. The molecule has 1 aromatic carbocycles. The van der Waals surface area contributed by atoms with E-state index in [1.54, 1.807) is 12.5 Å². The molecule has 4 aromatic rings. The van der Waals surface area contributed by atoms with Gasteiger partial charge in [-0.05, 0) is 45.2 Å². The summed E-state index contributed by atoms with van der Waals surface area (Å²) in [5.74, 6) is 0.894. The van der Waals surface area contributed by atoms with Gasteiger partial charge in [0.05, 0.1) is 35.6 Å². The molecule has 0 bridgehead atoms. The lowest BCUT2D eigenvalue weighted by Crippen LogP contribution is -2.09. The number of hydrogen-bond donors (Lipinski definition) is 1. The molecule has 0 atom stereocenters. The zero-order chi connectivity index (χ0) is 23.2. The van der Waals surface area contributed by atoms with Gasteiger partial charge in [0.15, 0.2) is 5.82 Å². The predicted molar refractivity (Wildman–Crippen MR) is 128 cm³/mol. The Bertz CT molecular complexity index is 1230. The summed E-state index contributed by atoms with van der Waals surface area (Å²) in [5.41, 5.74) is 6.76. The van der Waals surface area contributed by atoms with E-state index in [0.717, 1.165) is 53.8 Å². The molecule has 0 amide bonds. The molecule has 1 N–H and O–H groups in total. The van der Waals surface area contributed by atoms with E-state index in [-0.39, 0.29) is 0 Å². The molecule has 0 spiro atoms. The number of furan rings is 1. The fourth-order valence-electron chi connectivity index (χ4n) is 3.50. The van der Waals surface area contributed by atoms with Gasteiger partial charge >= 0.3 is 0 Å². The van der Waals surface area contributed by atoms with Gasteiger partial charge in [0.1, 0.15) is 12.1 Å². The molecule has 0 fully saturated rings. The lowest BCUT2D eigenvalue weighted by atomic mass is 10.1. The smallest absolute Gasteiger partial charge is 0.231 e. The van der Waals surface area contributed by atoms with Crippen LogP contribution in [0.1, 0.15) is 37.1 Å². The Morgan fingerprint density at radius 2 is 1.85 bits per heavy atom. The van der Waals surface area contributed by atoms with Gasteiger partial charge in [-0.2, -0.15) is 4.39 Å². The van der Waals surface area contributed by atoms with Gasteiger partial charge in [-0.1, -0.05) is 35.9 Å². The van der Waals surface area contributed by atoms with Crippen LogP contribution in [0.4, 0.5) is 10.2 Å². The highest BCUT2D eigenvalue weighted by molar-refractivity contribution is 5.69. The summed E-state index contributed by atoms with van der Waals surface area (Å²) >= 11 is 0. The zero-order valence-electron chi connectivity index (χ0n) is 19.0. The highest BCUT2D eigenvalue weighted by Gasteiger charge is 2.12. The van der Waals surface area contributed by atoms with Crippen LogP contribution in [0.5, 0.6) is 0 Å². The SMILES string of the molecule is CC(C)=Cc1c(C)nc(-c2ccoc2)nc1NCCCc1ccc(-c2cnc(F)cn2)cc1. The Hall–Kier alpha value is -3.87. The van der Waals surface area contributed by atoms with Gasteiger partial charge in [-0.3, -0.25) is 0 Å². The molecule has 6 nitrogen and oxygen atoms in total. The first kappa shape index (κ1) is 22.3. The summed E-state index contributed by atoms with van der Waals surface area (Å²) in [6.45, 7) is 6.90. The monoisotopic (exact) mass is 443 g/mol. The number of benzene rings is 1. The lowest BCUT2D eigenvalue weighted by Gasteiger charge is -2.13. The number of aromatic nitrogens is 4. The Balaban J connectivity index is 1.41. The second-order valence-corrected chi connectivity index (χ2v) is 8.08. The summed E-state index contributed by atoms with van der Waals surface area (Å²) in [4.78, 5) is 17.2. The Morgan fingerprint density at radius 1 is 1.03 bits per heavy atom. The summed E-state index contributed by atoms with van der Waals surface area (Å²) in [5, 5.41) is 3.49. The summed E-state index contributed by atoms with van der Waals surface area (Å²) in [6.07, 6.45) is 9.81. The van der Waals surface area contributed by atoms with E-state index >= 15 is 0 Å². The van der Waals surface area contributed by atoms with Gasteiger partial charge in [0.25, 0.3) is 0 Å². The van der Waals surface area contributed by atoms with E-state index in [9.17, 15) is 4.39 Å². The summed E-state index contributed by atoms with van der Waals surface area (Å²) < 4.78 is 18.2.